The Bertz CT molecular complexity index is 546. The summed E-state index contributed by atoms with van der Waals surface area (Å²) in [5.74, 6) is 0. The van der Waals surface area contributed by atoms with E-state index in [1.54, 1.807) is 0 Å². The fourth-order valence-corrected chi connectivity index (χ4v) is 2.15. The standard InChI is InChI=1S/C14H18ClN3/c1-10-4-5-12(14(15)6-10)7-16-8-13-9-17-18(3)11(13)2/h4-6,9,16H,7-8H2,1-3H3. The molecule has 0 saturated heterocycles. The zero-order valence-corrected chi connectivity index (χ0v) is 11.8. The third-order valence-electron chi connectivity index (χ3n) is 3.18. The molecule has 0 amide bonds. The molecule has 4 heteroatoms. The van der Waals surface area contributed by atoms with Crippen molar-refractivity contribution in [1.29, 1.82) is 0 Å². The van der Waals surface area contributed by atoms with Gasteiger partial charge in [0.15, 0.2) is 0 Å². The summed E-state index contributed by atoms with van der Waals surface area (Å²) in [6, 6.07) is 6.15. The minimum Gasteiger partial charge on any atom is -0.308 e. The van der Waals surface area contributed by atoms with Crippen LogP contribution in [0.15, 0.2) is 24.4 Å². The van der Waals surface area contributed by atoms with Crippen molar-refractivity contribution in [2.24, 2.45) is 7.05 Å². The molecule has 2 aromatic rings. The van der Waals surface area contributed by atoms with Gasteiger partial charge in [-0.25, -0.2) is 0 Å². The second kappa shape index (κ2) is 5.55. The van der Waals surface area contributed by atoms with Gasteiger partial charge in [-0.1, -0.05) is 23.7 Å². The maximum absolute atomic E-state index is 6.19. The molecule has 18 heavy (non-hydrogen) atoms. The molecule has 0 bridgehead atoms. The monoisotopic (exact) mass is 263 g/mol. The predicted octanol–water partition coefficient (Wildman–Crippen LogP) is 2.98. The minimum atomic E-state index is 0.771. The lowest BCUT2D eigenvalue weighted by molar-refractivity contribution is 0.684. The van der Waals surface area contributed by atoms with Crippen LogP contribution in [0.5, 0.6) is 0 Å². The number of nitrogens with one attached hydrogen (secondary N) is 1. The van der Waals surface area contributed by atoms with E-state index in [1.165, 1.54) is 16.8 Å². The topological polar surface area (TPSA) is 29.9 Å². The Hall–Kier alpha value is -1.32. The largest absolute Gasteiger partial charge is 0.308 e. The SMILES string of the molecule is Cc1ccc(CNCc2cnn(C)c2C)c(Cl)c1. The second-order valence-electron chi connectivity index (χ2n) is 4.58. The molecule has 0 aliphatic heterocycles. The van der Waals surface area contributed by atoms with E-state index in [9.17, 15) is 0 Å². The Morgan fingerprint density at radius 1 is 1.22 bits per heavy atom. The highest BCUT2D eigenvalue weighted by molar-refractivity contribution is 6.31. The van der Waals surface area contributed by atoms with E-state index >= 15 is 0 Å². The quantitative estimate of drug-likeness (QED) is 0.919. The summed E-state index contributed by atoms with van der Waals surface area (Å²) in [5, 5.41) is 8.44. The van der Waals surface area contributed by atoms with E-state index in [0.29, 0.717) is 0 Å². The van der Waals surface area contributed by atoms with Crippen LogP contribution in [-0.4, -0.2) is 9.78 Å². The first-order valence-corrected chi connectivity index (χ1v) is 6.39. The lowest BCUT2D eigenvalue weighted by atomic mass is 10.1. The van der Waals surface area contributed by atoms with Crippen molar-refractivity contribution in [3.63, 3.8) is 0 Å². The molecule has 3 nitrogen and oxygen atoms in total. The number of aryl methyl sites for hydroxylation is 2. The summed E-state index contributed by atoms with van der Waals surface area (Å²) in [7, 11) is 1.95. The van der Waals surface area contributed by atoms with Crippen molar-refractivity contribution in [2.45, 2.75) is 26.9 Å². The summed E-state index contributed by atoms with van der Waals surface area (Å²) in [6.07, 6.45) is 1.90. The van der Waals surface area contributed by atoms with Gasteiger partial charge in [-0.3, -0.25) is 4.68 Å². The molecule has 1 aromatic carbocycles. The Morgan fingerprint density at radius 2 is 1.94 bits per heavy atom. The van der Waals surface area contributed by atoms with Crippen molar-refractivity contribution in [3.05, 3.63) is 51.8 Å². The molecule has 0 saturated carbocycles. The van der Waals surface area contributed by atoms with Gasteiger partial charge in [0.05, 0.1) is 6.20 Å². The lowest BCUT2D eigenvalue weighted by Crippen LogP contribution is -2.13. The molecule has 0 aliphatic rings. The van der Waals surface area contributed by atoms with Gasteiger partial charge >= 0.3 is 0 Å². The van der Waals surface area contributed by atoms with Gasteiger partial charge in [-0.2, -0.15) is 5.10 Å². The van der Waals surface area contributed by atoms with Crippen molar-refractivity contribution in [1.82, 2.24) is 15.1 Å². The zero-order chi connectivity index (χ0) is 13.1. The van der Waals surface area contributed by atoms with Gasteiger partial charge in [0.2, 0.25) is 0 Å². The van der Waals surface area contributed by atoms with E-state index in [-0.39, 0.29) is 0 Å². The van der Waals surface area contributed by atoms with Crippen LogP contribution in [-0.2, 0) is 20.1 Å². The first-order valence-electron chi connectivity index (χ1n) is 6.01. The van der Waals surface area contributed by atoms with Gasteiger partial charge in [0.1, 0.15) is 0 Å². The molecule has 0 fully saturated rings. The molecular weight excluding hydrogens is 246 g/mol. The van der Waals surface area contributed by atoms with Gasteiger partial charge in [-0.15, -0.1) is 0 Å². The summed E-state index contributed by atoms with van der Waals surface area (Å²) < 4.78 is 1.88. The van der Waals surface area contributed by atoms with Crippen LogP contribution in [0.2, 0.25) is 5.02 Å². The third kappa shape index (κ3) is 2.92. The summed E-state index contributed by atoms with van der Waals surface area (Å²) in [6.45, 7) is 5.70. The Morgan fingerprint density at radius 3 is 2.56 bits per heavy atom. The molecule has 2 rings (SSSR count). The number of aromatic nitrogens is 2. The number of hydrogen-bond donors (Lipinski definition) is 1. The summed E-state index contributed by atoms with van der Waals surface area (Å²) >= 11 is 6.19. The van der Waals surface area contributed by atoms with E-state index in [0.717, 1.165) is 23.7 Å². The fraction of sp³-hybridized carbons (Fsp3) is 0.357. The molecule has 0 unspecified atom stereocenters. The fourth-order valence-electron chi connectivity index (χ4n) is 1.85. The third-order valence-corrected chi connectivity index (χ3v) is 3.53. The van der Waals surface area contributed by atoms with Crippen LogP contribution in [0.4, 0.5) is 0 Å². The number of hydrogen-bond acceptors (Lipinski definition) is 2. The first kappa shape index (κ1) is 13.1. The summed E-state index contributed by atoms with van der Waals surface area (Å²) in [4.78, 5) is 0. The van der Waals surface area contributed by atoms with Gasteiger partial charge in [0.25, 0.3) is 0 Å². The van der Waals surface area contributed by atoms with Crippen LogP contribution in [0.1, 0.15) is 22.4 Å². The van der Waals surface area contributed by atoms with Gasteiger partial charge < -0.3 is 5.32 Å². The van der Waals surface area contributed by atoms with E-state index in [1.807, 2.05) is 30.9 Å². The van der Waals surface area contributed by atoms with Gasteiger partial charge in [-0.05, 0) is 31.0 Å². The molecule has 0 radical (unpaired) electrons. The van der Waals surface area contributed by atoms with E-state index in [4.69, 9.17) is 11.6 Å². The van der Waals surface area contributed by atoms with E-state index in [2.05, 4.69) is 29.5 Å². The average Bonchev–Trinajstić information content (AvgIpc) is 2.64. The number of halogens is 1. The van der Waals surface area contributed by atoms with Crippen molar-refractivity contribution in [2.75, 3.05) is 0 Å². The zero-order valence-electron chi connectivity index (χ0n) is 11.0. The highest BCUT2D eigenvalue weighted by Crippen LogP contribution is 2.17. The molecule has 96 valence electrons. The molecule has 1 aromatic heterocycles. The highest BCUT2D eigenvalue weighted by atomic mass is 35.5. The van der Waals surface area contributed by atoms with Gasteiger partial charge in [0, 0.05) is 36.4 Å². The molecule has 1 heterocycles. The Labute approximate surface area is 113 Å². The van der Waals surface area contributed by atoms with Crippen LogP contribution < -0.4 is 5.32 Å². The smallest absolute Gasteiger partial charge is 0.0537 e. The van der Waals surface area contributed by atoms with Crippen LogP contribution in [0, 0.1) is 13.8 Å². The van der Waals surface area contributed by atoms with Crippen LogP contribution >= 0.6 is 11.6 Å². The normalized spacial score (nSPS) is 10.9. The summed E-state index contributed by atoms with van der Waals surface area (Å²) in [5.41, 5.74) is 4.73. The van der Waals surface area contributed by atoms with Crippen LogP contribution in [0.3, 0.4) is 0 Å². The second-order valence-corrected chi connectivity index (χ2v) is 4.98. The first-order chi connectivity index (χ1) is 8.58. The molecular formula is C14H18ClN3. The minimum absolute atomic E-state index is 0.771. The predicted molar refractivity (Wildman–Crippen MR) is 74.7 cm³/mol. The number of rotatable bonds is 4. The average molecular weight is 264 g/mol. The van der Waals surface area contributed by atoms with Crippen molar-refractivity contribution < 1.29 is 0 Å². The van der Waals surface area contributed by atoms with Crippen molar-refractivity contribution in [3.8, 4) is 0 Å². The van der Waals surface area contributed by atoms with Crippen molar-refractivity contribution >= 4 is 11.6 Å². The Balaban J connectivity index is 1.94. The Kier molecular flexibility index (Phi) is 4.04. The molecule has 0 aliphatic carbocycles. The van der Waals surface area contributed by atoms with Crippen LogP contribution in [0.25, 0.3) is 0 Å². The molecule has 1 N–H and O–H groups in total. The number of benzene rings is 1. The number of nitrogens with zero attached hydrogens (tertiary/aromatic N) is 2. The lowest BCUT2D eigenvalue weighted by Gasteiger charge is -2.07. The highest BCUT2D eigenvalue weighted by Gasteiger charge is 2.04. The maximum Gasteiger partial charge on any atom is 0.0537 e. The molecule has 0 spiro atoms. The maximum atomic E-state index is 6.19. The molecule has 0 atom stereocenters. The van der Waals surface area contributed by atoms with E-state index < -0.39 is 0 Å².